The van der Waals surface area contributed by atoms with Crippen molar-refractivity contribution in [1.82, 2.24) is 14.3 Å². The number of rotatable bonds is 5. The Balaban J connectivity index is 2.62. The van der Waals surface area contributed by atoms with E-state index < -0.39 is 33.9 Å². The summed E-state index contributed by atoms with van der Waals surface area (Å²) in [7, 11) is 0. The van der Waals surface area contributed by atoms with Crippen molar-refractivity contribution >= 4 is 38.3 Å². The van der Waals surface area contributed by atoms with Crippen molar-refractivity contribution < 1.29 is 22.8 Å². The van der Waals surface area contributed by atoms with Crippen molar-refractivity contribution in [3.05, 3.63) is 28.5 Å². The molecule has 1 unspecified atom stereocenters. The summed E-state index contributed by atoms with van der Waals surface area (Å²) in [4.78, 5) is 4.27. The molecule has 0 radical (unpaired) electrons. The Bertz CT molecular complexity index is 813. The predicted octanol–water partition coefficient (Wildman–Crippen LogP) is 4.22. The van der Waals surface area contributed by atoms with Gasteiger partial charge in [-0.05, 0) is 62.7 Å². The predicted molar refractivity (Wildman–Crippen MR) is 104 cm³/mol. The average Bonchev–Trinajstić information content (AvgIpc) is 2.78. The van der Waals surface area contributed by atoms with Gasteiger partial charge in [0.1, 0.15) is 15.0 Å². The Morgan fingerprint density at radius 1 is 1.26 bits per heavy atom. The highest BCUT2D eigenvalue weighted by atomic mass is 79.9. The summed E-state index contributed by atoms with van der Waals surface area (Å²) in [6, 6.07) is 0.948. The first-order valence-electron chi connectivity index (χ1n) is 8.22. The van der Waals surface area contributed by atoms with Crippen LogP contribution in [0.1, 0.15) is 46.2 Å². The van der Waals surface area contributed by atoms with Crippen LogP contribution >= 0.6 is 15.9 Å². The summed E-state index contributed by atoms with van der Waals surface area (Å²) < 4.78 is 57.1. The molecule has 0 saturated heterocycles. The second kappa shape index (κ2) is 7.55. The van der Waals surface area contributed by atoms with E-state index in [2.05, 4.69) is 25.6 Å². The Kier molecular flexibility index (Phi) is 6.28. The molecule has 2 atom stereocenters. The van der Waals surface area contributed by atoms with E-state index in [4.69, 9.17) is 0 Å². The normalized spacial score (nSPS) is 16.0. The van der Waals surface area contributed by atoms with Gasteiger partial charge in [-0.1, -0.05) is 0 Å². The Hall–Kier alpha value is -0.810. The largest absolute Gasteiger partial charge is 0.598 e. The molecule has 2 heterocycles. The maximum atomic E-state index is 13.8. The summed E-state index contributed by atoms with van der Waals surface area (Å²) in [5.74, 6) is 0. The number of hydrogen-bond acceptors (Lipinski definition) is 4. The van der Waals surface area contributed by atoms with Gasteiger partial charge >= 0.3 is 6.18 Å². The number of hydrogen-bond donors (Lipinski definition) is 2. The molecule has 5 nitrogen and oxygen atoms in total. The van der Waals surface area contributed by atoms with Crippen molar-refractivity contribution in [2.75, 3.05) is 0 Å². The third kappa shape index (κ3) is 5.60. The summed E-state index contributed by atoms with van der Waals surface area (Å²) in [5.41, 5.74) is -0.929. The highest BCUT2D eigenvalue weighted by molar-refractivity contribution is 9.10. The first kappa shape index (κ1) is 22.5. The fourth-order valence-electron chi connectivity index (χ4n) is 2.53. The van der Waals surface area contributed by atoms with Crippen molar-refractivity contribution in [3.63, 3.8) is 0 Å². The molecule has 2 aromatic rings. The first-order chi connectivity index (χ1) is 12.1. The van der Waals surface area contributed by atoms with Crippen molar-refractivity contribution in [3.8, 4) is 0 Å². The van der Waals surface area contributed by atoms with Crippen LogP contribution in [0.2, 0.25) is 0 Å². The minimum atomic E-state index is -4.66. The zero-order valence-corrected chi connectivity index (χ0v) is 18.1. The van der Waals surface area contributed by atoms with Gasteiger partial charge in [0.2, 0.25) is 0 Å². The van der Waals surface area contributed by atoms with Crippen LogP contribution in [0.4, 0.5) is 13.2 Å². The molecule has 0 aliphatic carbocycles. The lowest BCUT2D eigenvalue weighted by Crippen LogP contribution is -2.45. The lowest BCUT2D eigenvalue weighted by molar-refractivity contribution is -0.152. The molecule has 152 valence electrons. The molecule has 0 aromatic carbocycles. The number of aliphatic hydroxyl groups is 1. The third-order valence-electron chi connectivity index (χ3n) is 3.70. The van der Waals surface area contributed by atoms with E-state index in [1.54, 1.807) is 40.7 Å². The van der Waals surface area contributed by atoms with Crippen molar-refractivity contribution in [2.45, 2.75) is 63.7 Å². The molecule has 2 N–H and O–H groups in total. The fourth-order valence-corrected chi connectivity index (χ4v) is 3.65. The summed E-state index contributed by atoms with van der Waals surface area (Å²) in [6.45, 7) is 7.97. The lowest BCUT2D eigenvalue weighted by atomic mass is 10.1. The van der Waals surface area contributed by atoms with Gasteiger partial charge < -0.3 is 14.2 Å². The minimum Gasteiger partial charge on any atom is -0.598 e. The molecule has 10 heteroatoms. The molecule has 0 bridgehead atoms. The summed E-state index contributed by atoms with van der Waals surface area (Å²) in [6.07, 6.45) is -3.35. The zero-order valence-electron chi connectivity index (χ0n) is 15.7. The molecular weight excluding hydrogens is 447 g/mol. The number of halogens is 4. The Morgan fingerprint density at radius 3 is 2.33 bits per heavy atom. The summed E-state index contributed by atoms with van der Waals surface area (Å²) in [5, 5.41) is 10.4. The average molecular weight is 470 g/mol. The fraction of sp³-hybridized carbons (Fsp3) is 0.588. The van der Waals surface area contributed by atoms with Gasteiger partial charge in [-0.2, -0.15) is 13.2 Å². The van der Waals surface area contributed by atoms with Gasteiger partial charge in [0.15, 0.2) is 6.04 Å². The van der Waals surface area contributed by atoms with E-state index in [9.17, 15) is 22.8 Å². The number of alkyl halides is 3. The standard InChI is InChI=1S/C17H23BrF3N3O2S/c1-15(2,3)27(26)23-13(17(19,20)21)11-8-24(9-16(4,5)25)14-10(11)6-7-12(18)22-14/h6-8,13,23,25H,9H2,1-5H3/t13-,27?/m0/s1. The van der Waals surface area contributed by atoms with Gasteiger partial charge in [-0.15, -0.1) is 4.72 Å². The van der Waals surface area contributed by atoms with Crippen LogP contribution in [-0.2, 0) is 17.9 Å². The van der Waals surface area contributed by atoms with Crippen LogP contribution < -0.4 is 4.72 Å². The van der Waals surface area contributed by atoms with Crippen LogP contribution in [0.25, 0.3) is 11.0 Å². The molecule has 2 rings (SSSR count). The van der Waals surface area contributed by atoms with Crippen LogP contribution in [0.5, 0.6) is 0 Å². The van der Waals surface area contributed by atoms with Crippen molar-refractivity contribution in [2.24, 2.45) is 0 Å². The molecule has 0 aliphatic heterocycles. The molecule has 0 aliphatic rings. The minimum absolute atomic E-state index is 0.0554. The number of fused-ring (bicyclic) bond motifs is 1. The molecule has 2 aromatic heterocycles. The van der Waals surface area contributed by atoms with Crippen molar-refractivity contribution in [1.29, 1.82) is 0 Å². The maximum Gasteiger partial charge on any atom is 0.412 e. The second-order valence-corrected chi connectivity index (χ2v) is 10.8. The van der Waals surface area contributed by atoms with Crippen LogP contribution in [0, 0.1) is 0 Å². The Labute approximate surface area is 167 Å². The highest BCUT2D eigenvalue weighted by Crippen LogP contribution is 2.39. The van der Waals surface area contributed by atoms with Gasteiger partial charge in [-0.25, -0.2) is 4.98 Å². The lowest BCUT2D eigenvalue weighted by Gasteiger charge is -2.28. The van der Waals surface area contributed by atoms with E-state index in [0.29, 0.717) is 10.3 Å². The smallest absolute Gasteiger partial charge is 0.412 e. The first-order valence-corrected chi connectivity index (χ1v) is 10.2. The third-order valence-corrected chi connectivity index (χ3v) is 5.70. The molecule has 0 saturated carbocycles. The number of aromatic nitrogens is 2. The van der Waals surface area contributed by atoms with E-state index >= 15 is 0 Å². The van der Waals surface area contributed by atoms with Gasteiger partial charge in [0.25, 0.3) is 0 Å². The quantitative estimate of drug-likeness (QED) is 0.507. The molecular formula is C17H23BrF3N3O2S. The van der Waals surface area contributed by atoms with Gasteiger partial charge in [0.05, 0.1) is 12.1 Å². The molecule has 0 fully saturated rings. The Morgan fingerprint density at radius 2 is 1.85 bits per heavy atom. The topological polar surface area (TPSA) is 73.1 Å². The molecule has 0 spiro atoms. The van der Waals surface area contributed by atoms with Crippen LogP contribution in [0.3, 0.4) is 0 Å². The molecule has 27 heavy (non-hydrogen) atoms. The van der Waals surface area contributed by atoms with E-state index in [-0.39, 0.29) is 17.5 Å². The monoisotopic (exact) mass is 469 g/mol. The maximum absolute atomic E-state index is 13.8. The van der Waals surface area contributed by atoms with Crippen LogP contribution in [0.15, 0.2) is 22.9 Å². The van der Waals surface area contributed by atoms with Gasteiger partial charge in [-0.3, -0.25) is 0 Å². The van der Waals surface area contributed by atoms with E-state index in [0.717, 1.165) is 0 Å². The SMILES string of the molecule is CC(C)(O)Cn1cc([C@H](N[S+]([O-])C(C)(C)C)C(F)(F)F)c2ccc(Br)nc21. The number of nitrogens with zero attached hydrogens (tertiary/aromatic N) is 2. The zero-order chi connectivity index (χ0) is 20.8. The number of nitrogens with one attached hydrogen (secondary N) is 1. The van der Waals surface area contributed by atoms with Gasteiger partial charge in [0, 0.05) is 28.5 Å². The van der Waals surface area contributed by atoms with E-state index in [1.165, 1.54) is 16.8 Å². The van der Waals surface area contributed by atoms with Crippen LogP contribution in [-0.4, -0.2) is 35.7 Å². The molecule has 0 amide bonds. The second-order valence-electron chi connectivity index (χ2n) is 8.00. The summed E-state index contributed by atoms with van der Waals surface area (Å²) >= 11 is 1.30. The number of pyridine rings is 1. The van der Waals surface area contributed by atoms with E-state index in [1.807, 2.05) is 0 Å². The highest BCUT2D eigenvalue weighted by Gasteiger charge is 2.47.